The van der Waals surface area contributed by atoms with Gasteiger partial charge >= 0.3 is 78.5 Å². The first kappa shape index (κ1) is 25.5. The molecule has 6 nitrogen and oxygen atoms in total. The van der Waals surface area contributed by atoms with Gasteiger partial charge in [0, 0.05) is 20.8 Å². The zero-order chi connectivity index (χ0) is 18.3. The molecule has 0 heterocycles. The molecule has 3 N–H and O–H groups in total. The first-order chi connectivity index (χ1) is 9.91. The maximum atomic E-state index is 9.00. The average molecular weight is 507 g/mol. The van der Waals surface area contributed by atoms with E-state index in [4.69, 9.17) is 29.7 Å². The summed E-state index contributed by atoms with van der Waals surface area (Å²) in [5, 5.41) is 22.2. The predicted molar refractivity (Wildman–Crippen MR) is 85.8 cm³/mol. The van der Waals surface area contributed by atoms with Gasteiger partial charge in [0.1, 0.15) is 0 Å². The summed E-state index contributed by atoms with van der Waals surface area (Å²) in [4.78, 5) is 27.0. The zero-order valence-corrected chi connectivity index (χ0v) is 17.3. The quantitative estimate of drug-likeness (QED) is 0.502. The molecule has 1 aromatic rings. The third kappa shape index (κ3) is 31.1. The Balaban J connectivity index is -0.000000253. The van der Waals surface area contributed by atoms with Gasteiger partial charge in [-0.3, -0.25) is 14.4 Å². The van der Waals surface area contributed by atoms with Crippen molar-refractivity contribution in [3.63, 3.8) is 0 Å². The molecular weight excluding hydrogens is 483 g/mol. The Morgan fingerprint density at radius 1 is 0.864 bits per heavy atom. The summed E-state index contributed by atoms with van der Waals surface area (Å²) in [7, 11) is 0. The molecule has 1 aromatic carbocycles. The summed E-state index contributed by atoms with van der Waals surface area (Å²) in [6.45, 7) is 7.74. The van der Waals surface area contributed by atoms with E-state index in [0.29, 0.717) is 5.92 Å². The number of hydrogen-bond acceptors (Lipinski definition) is 3. The predicted octanol–water partition coefficient (Wildman–Crippen LogP) is 1.88. The first-order valence-electron chi connectivity index (χ1n) is 6.30. The SMILES string of the molecule is CC(=O)O.CC(=O)O.CC(=O)O.CC(C)c1cccc[c]1[Pb]. The van der Waals surface area contributed by atoms with Crippen molar-refractivity contribution in [2.75, 3.05) is 0 Å². The molecule has 0 aliphatic rings. The van der Waals surface area contributed by atoms with Crippen molar-refractivity contribution >= 4 is 46.8 Å². The average Bonchev–Trinajstić information content (AvgIpc) is 2.26. The van der Waals surface area contributed by atoms with Crippen molar-refractivity contribution < 1.29 is 29.7 Å². The number of carboxylic acid groups (broad SMARTS) is 3. The molecule has 1 rings (SSSR count). The summed E-state index contributed by atoms with van der Waals surface area (Å²) in [5.41, 5.74) is 1.52. The number of benzene rings is 1. The molecule has 0 spiro atoms. The fourth-order valence-corrected chi connectivity index (χ4v) is 2.82. The van der Waals surface area contributed by atoms with Crippen molar-refractivity contribution in [2.24, 2.45) is 0 Å². The van der Waals surface area contributed by atoms with E-state index in [-0.39, 0.29) is 0 Å². The number of carbonyl (C=O) groups is 3. The summed E-state index contributed by atoms with van der Waals surface area (Å²) < 4.78 is 1.54. The fraction of sp³-hybridized carbons (Fsp3) is 0.400. The van der Waals surface area contributed by atoms with Gasteiger partial charge < -0.3 is 15.3 Å². The molecule has 0 bridgehead atoms. The third-order valence-corrected chi connectivity index (χ3v) is 3.35. The molecule has 123 valence electrons. The van der Waals surface area contributed by atoms with Crippen molar-refractivity contribution in [3.05, 3.63) is 29.8 Å². The summed E-state index contributed by atoms with van der Waals surface area (Å²) >= 11 is 1.17. The Morgan fingerprint density at radius 3 is 1.32 bits per heavy atom. The minimum atomic E-state index is -0.833. The second-order valence-electron chi connectivity index (χ2n) is 4.30. The van der Waals surface area contributed by atoms with Crippen LogP contribution in [-0.2, 0) is 14.4 Å². The van der Waals surface area contributed by atoms with E-state index < -0.39 is 17.9 Å². The van der Waals surface area contributed by atoms with Gasteiger partial charge in [0.05, 0.1) is 0 Å². The molecule has 22 heavy (non-hydrogen) atoms. The van der Waals surface area contributed by atoms with Gasteiger partial charge in [0.25, 0.3) is 17.9 Å². The number of rotatable bonds is 1. The van der Waals surface area contributed by atoms with Crippen LogP contribution < -0.4 is 3.12 Å². The topological polar surface area (TPSA) is 112 Å². The van der Waals surface area contributed by atoms with Crippen LogP contribution in [0.3, 0.4) is 0 Å². The maximum absolute atomic E-state index is 9.00. The Bertz CT molecular complexity index is 417. The molecule has 0 aliphatic heterocycles. The van der Waals surface area contributed by atoms with Crippen LogP contribution in [-0.4, -0.2) is 59.0 Å². The minimum absolute atomic E-state index is 0.689. The van der Waals surface area contributed by atoms with E-state index >= 15 is 0 Å². The molecule has 0 unspecified atom stereocenters. The van der Waals surface area contributed by atoms with E-state index in [0.717, 1.165) is 20.8 Å². The van der Waals surface area contributed by atoms with Gasteiger partial charge in [-0.05, 0) is 0 Å². The number of carboxylic acids is 3. The zero-order valence-electron chi connectivity index (χ0n) is 13.5. The van der Waals surface area contributed by atoms with E-state index in [9.17, 15) is 0 Å². The van der Waals surface area contributed by atoms with Crippen LogP contribution in [0.2, 0.25) is 0 Å². The number of aliphatic carboxylic acids is 3. The fourth-order valence-electron chi connectivity index (χ4n) is 1.00. The van der Waals surface area contributed by atoms with Gasteiger partial charge in [-0.2, -0.15) is 0 Å². The van der Waals surface area contributed by atoms with Crippen molar-refractivity contribution in [3.8, 4) is 0 Å². The molecule has 0 aromatic heterocycles. The van der Waals surface area contributed by atoms with Crippen LogP contribution in [0.25, 0.3) is 0 Å². The van der Waals surface area contributed by atoms with Gasteiger partial charge in [0.15, 0.2) is 0 Å². The van der Waals surface area contributed by atoms with Gasteiger partial charge in [0.2, 0.25) is 0 Å². The Hall–Kier alpha value is -1.45. The second kappa shape index (κ2) is 15.9. The Kier molecular flexibility index (Phi) is 18.5. The second-order valence-corrected chi connectivity index (χ2v) is 6.39. The molecule has 0 atom stereocenters. The van der Waals surface area contributed by atoms with Crippen LogP contribution >= 0.6 is 0 Å². The third-order valence-electron chi connectivity index (χ3n) is 1.58. The summed E-state index contributed by atoms with van der Waals surface area (Å²) in [6.07, 6.45) is 0. The van der Waals surface area contributed by atoms with Crippen molar-refractivity contribution in [1.82, 2.24) is 0 Å². The van der Waals surface area contributed by atoms with Crippen LogP contribution in [0.4, 0.5) is 0 Å². The monoisotopic (exact) mass is 507 g/mol. The van der Waals surface area contributed by atoms with E-state index in [1.807, 2.05) is 0 Å². The number of hydrogen-bond donors (Lipinski definition) is 3. The van der Waals surface area contributed by atoms with Gasteiger partial charge in [-0.1, -0.05) is 0 Å². The van der Waals surface area contributed by atoms with Crippen LogP contribution in [0.15, 0.2) is 24.3 Å². The molecule has 3 radical (unpaired) electrons. The van der Waals surface area contributed by atoms with E-state index in [2.05, 4.69) is 38.1 Å². The normalized spacial score (nSPS) is 8.14. The van der Waals surface area contributed by atoms with E-state index in [1.165, 1.54) is 34.5 Å². The van der Waals surface area contributed by atoms with Gasteiger partial charge in [-0.25, -0.2) is 0 Å². The van der Waals surface area contributed by atoms with E-state index in [1.54, 1.807) is 0 Å². The molecule has 0 fully saturated rings. The molecule has 7 heteroatoms. The Morgan fingerprint density at radius 2 is 1.14 bits per heavy atom. The summed E-state index contributed by atoms with van der Waals surface area (Å²) in [5.74, 6) is -1.81. The van der Waals surface area contributed by atoms with Crippen molar-refractivity contribution in [2.45, 2.75) is 40.5 Å². The van der Waals surface area contributed by atoms with Crippen molar-refractivity contribution in [1.29, 1.82) is 0 Å². The molecule has 0 saturated carbocycles. The molecule has 0 saturated heterocycles. The molecule has 0 amide bonds. The van der Waals surface area contributed by atoms with Gasteiger partial charge in [-0.15, -0.1) is 0 Å². The van der Waals surface area contributed by atoms with Crippen LogP contribution in [0.5, 0.6) is 0 Å². The summed E-state index contributed by atoms with van der Waals surface area (Å²) in [6, 6.07) is 8.69. The molecule has 0 aliphatic carbocycles. The van der Waals surface area contributed by atoms with Crippen LogP contribution in [0.1, 0.15) is 46.1 Å². The van der Waals surface area contributed by atoms with Crippen LogP contribution in [0, 0.1) is 0 Å². The molecular formula is C15H23O6Pb. The first-order valence-corrected chi connectivity index (χ1v) is 8.25. The standard InChI is InChI=1S/C9H11.3C2H4O2.Pb/c1-8(2)9-6-4-3-5-7-9;3*1-2(3)4;/h3-6,8H,1-2H3;3*1H3,(H,3,4);. The Labute approximate surface area is 146 Å².